The van der Waals surface area contributed by atoms with Crippen LogP contribution >= 0.6 is 0 Å². The van der Waals surface area contributed by atoms with Crippen molar-refractivity contribution in [2.24, 2.45) is 5.92 Å². The van der Waals surface area contributed by atoms with Crippen molar-refractivity contribution in [2.45, 2.75) is 44.4 Å². The maximum Gasteiger partial charge on any atom is 0.104 e. The minimum atomic E-state index is 0.0736. The number of epoxide rings is 3. The summed E-state index contributed by atoms with van der Waals surface area (Å²) in [5.74, 6) is 0.196. The Morgan fingerprint density at radius 2 is 1.24 bits per heavy atom. The molecule has 3 rings (SSSR count). The van der Waals surface area contributed by atoms with Crippen LogP contribution in [0.3, 0.4) is 0 Å². The second kappa shape index (κ2) is 7.35. The summed E-state index contributed by atoms with van der Waals surface area (Å²) in [6, 6.07) is 0. The van der Waals surface area contributed by atoms with Crippen LogP contribution in [-0.4, -0.2) is 76.8 Å². The molecule has 122 valence electrons. The van der Waals surface area contributed by atoms with E-state index in [4.69, 9.17) is 28.4 Å². The number of rotatable bonds is 12. The van der Waals surface area contributed by atoms with Gasteiger partial charge in [-0.3, -0.25) is 0 Å². The van der Waals surface area contributed by atoms with Crippen LogP contribution in [0.5, 0.6) is 0 Å². The Morgan fingerprint density at radius 3 is 1.67 bits per heavy atom. The van der Waals surface area contributed by atoms with Crippen LogP contribution in [0.2, 0.25) is 0 Å². The summed E-state index contributed by atoms with van der Waals surface area (Å²) in [7, 11) is 0. The molecule has 0 radical (unpaired) electrons. The minimum absolute atomic E-state index is 0.0736. The summed E-state index contributed by atoms with van der Waals surface area (Å²) < 4.78 is 33.1. The molecule has 3 aliphatic heterocycles. The van der Waals surface area contributed by atoms with Gasteiger partial charge in [-0.05, 0) is 13.8 Å². The Kier molecular flexibility index (Phi) is 5.48. The van der Waals surface area contributed by atoms with Gasteiger partial charge in [-0.15, -0.1) is 0 Å². The van der Waals surface area contributed by atoms with Crippen molar-refractivity contribution in [2.75, 3.05) is 46.2 Å². The number of hydrogen-bond acceptors (Lipinski definition) is 6. The van der Waals surface area contributed by atoms with E-state index in [2.05, 4.69) is 13.8 Å². The van der Waals surface area contributed by atoms with E-state index in [1.54, 1.807) is 0 Å². The van der Waals surface area contributed by atoms with Crippen LogP contribution in [0.4, 0.5) is 0 Å². The summed E-state index contributed by atoms with van der Waals surface area (Å²) in [4.78, 5) is 0. The molecule has 0 N–H and O–H groups in total. The predicted molar refractivity (Wildman–Crippen MR) is 74.4 cm³/mol. The topological polar surface area (TPSA) is 65.3 Å². The van der Waals surface area contributed by atoms with Gasteiger partial charge in [0.1, 0.15) is 18.3 Å². The van der Waals surface area contributed by atoms with Gasteiger partial charge in [0.05, 0.1) is 58.5 Å². The minimum Gasteiger partial charge on any atom is -0.378 e. The fourth-order valence-electron chi connectivity index (χ4n) is 2.25. The average molecular weight is 302 g/mol. The van der Waals surface area contributed by atoms with Crippen LogP contribution in [0.15, 0.2) is 0 Å². The standard InChI is InChI=1S/C15H26O6/c1-10(17-4-13-7-20-13)15(9-16-3-12-6-19-12)11(2)18-5-14-8-21-14/h10-15H,3-9H2,1-2H3. The van der Waals surface area contributed by atoms with Crippen molar-refractivity contribution in [3.8, 4) is 0 Å². The molecular weight excluding hydrogens is 276 g/mol. The van der Waals surface area contributed by atoms with Gasteiger partial charge in [-0.2, -0.15) is 0 Å². The van der Waals surface area contributed by atoms with Gasteiger partial charge in [0, 0.05) is 5.92 Å². The molecule has 5 atom stereocenters. The Hall–Kier alpha value is -0.240. The van der Waals surface area contributed by atoms with Crippen LogP contribution in [0, 0.1) is 5.92 Å². The molecule has 0 aromatic heterocycles. The Bertz CT molecular complexity index is 291. The smallest absolute Gasteiger partial charge is 0.104 e. The number of ether oxygens (including phenoxy) is 6. The molecule has 0 aromatic rings. The molecule has 6 nitrogen and oxygen atoms in total. The SMILES string of the molecule is CC(OCC1CO1)C(COCC1CO1)C(C)OCC1CO1. The van der Waals surface area contributed by atoms with Crippen LogP contribution < -0.4 is 0 Å². The highest BCUT2D eigenvalue weighted by Gasteiger charge is 2.32. The molecular formula is C15H26O6. The van der Waals surface area contributed by atoms with E-state index in [1.165, 1.54) is 0 Å². The van der Waals surface area contributed by atoms with Crippen molar-refractivity contribution in [1.29, 1.82) is 0 Å². The highest BCUT2D eigenvalue weighted by molar-refractivity contribution is 4.78. The van der Waals surface area contributed by atoms with Gasteiger partial charge in [-0.1, -0.05) is 0 Å². The summed E-state index contributed by atoms with van der Waals surface area (Å²) in [6.07, 6.45) is 1.00. The van der Waals surface area contributed by atoms with Crippen molar-refractivity contribution >= 4 is 0 Å². The van der Waals surface area contributed by atoms with Crippen molar-refractivity contribution in [3.63, 3.8) is 0 Å². The lowest BCUT2D eigenvalue weighted by Gasteiger charge is -2.29. The summed E-state index contributed by atoms with van der Waals surface area (Å²) in [5.41, 5.74) is 0. The highest BCUT2D eigenvalue weighted by atomic mass is 16.6. The molecule has 5 unspecified atom stereocenters. The van der Waals surface area contributed by atoms with Gasteiger partial charge in [0.25, 0.3) is 0 Å². The highest BCUT2D eigenvalue weighted by Crippen LogP contribution is 2.21. The third kappa shape index (κ3) is 5.81. The van der Waals surface area contributed by atoms with Gasteiger partial charge in [-0.25, -0.2) is 0 Å². The zero-order chi connectivity index (χ0) is 14.7. The van der Waals surface area contributed by atoms with E-state index in [0.29, 0.717) is 26.4 Å². The lowest BCUT2D eigenvalue weighted by Crippen LogP contribution is -2.37. The lowest BCUT2D eigenvalue weighted by atomic mass is 9.98. The first-order valence-electron chi connectivity index (χ1n) is 7.88. The van der Waals surface area contributed by atoms with E-state index in [0.717, 1.165) is 19.8 Å². The Labute approximate surface area is 126 Å². The molecule has 0 bridgehead atoms. The lowest BCUT2D eigenvalue weighted by molar-refractivity contribution is -0.0850. The quantitative estimate of drug-likeness (QED) is 0.493. The maximum absolute atomic E-state index is 5.90. The second-order valence-corrected chi connectivity index (χ2v) is 6.14. The van der Waals surface area contributed by atoms with E-state index in [9.17, 15) is 0 Å². The maximum atomic E-state index is 5.90. The first kappa shape index (κ1) is 15.6. The third-order valence-corrected chi connectivity index (χ3v) is 4.12. The van der Waals surface area contributed by atoms with Gasteiger partial charge in [0.2, 0.25) is 0 Å². The van der Waals surface area contributed by atoms with Crippen LogP contribution in [-0.2, 0) is 28.4 Å². The summed E-state index contributed by atoms with van der Waals surface area (Å²) in [6.45, 7) is 9.21. The first-order valence-corrected chi connectivity index (χ1v) is 7.88. The molecule has 0 spiro atoms. The monoisotopic (exact) mass is 302 g/mol. The van der Waals surface area contributed by atoms with E-state index in [1.807, 2.05) is 0 Å². The molecule has 3 aliphatic rings. The molecule has 3 saturated heterocycles. The van der Waals surface area contributed by atoms with E-state index in [-0.39, 0.29) is 36.4 Å². The fourth-order valence-corrected chi connectivity index (χ4v) is 2.25. The summed E-state index contributed by atoms with van der Waals surface area (Å²) >= 11 is 0. The average Bonchev–Trinajstić information content (AvgIpc) is 3.33. The molecule has 21 heavy (non-hydrogen) atoms. The van der Waals surface area contributed by atoms with Crippen molar-refractivity contribution < 1.29 is 28.4 Å². The second-order valence-electron chi connectivity index (χ2n) is 6.14. The number of hydrogen-bond donors (Lipinski definition) is 0. The molecule has 0 amide bonds. The van der Waals surface area contributed by atoms with Gasteiger partial charge >= 0.3 is 0 Å². The summed E-state index contributed by atoms with van der Waals surface area (Å²) in [5, 5.41) is 0. The van der Waals surface area contributed by atoms with Crippen LogP contribution in [0.1, 0.15) is 13.8 Å². The van der Waals surface area contributed by atoms with Gasteiger partial charge in [0.15, 0.2) is 0 Å². The van der Waals surface area contributed by atoms with E-state index < -0.39 is 0 Å². The normalized spacial score (nSPS) is 34.3. The molecule has 0 aliphatic carbocycles. The largest absolute Gasteiger partial charge is 0.378 e. The van der Waals surface area contributed by atoms with E-state index >= 15 is 0 Å². The van der Waals surface area contributed by atoms with Crippen molar-refractivity contribution in [1.82, 2.24) is 0 Å². The molecule has 6 heteroatoms. The zero-order valence-corrected chi connectivity index (χ0v) is 12.9. The molecule has 3 fully saturated rings. The predicted octanol–water partition coefficient (Wildman–Crippen LogP) is 0.626. The first-order chi connectivity index (χ1) is 10.2. The molecule has 0 saturated carbocycles. The Balaban J connectivity index is 1.41. The van der Waals surface area contributed by atoms with Crippen molar-refractivity contribution in [3.05, 3.63) is 0 Å². The van der Waals surface area contributed by atoms with Gasteiger partial charge < -0.3 is 28.4 Å². The third-order valence-electron chi connectivity index (χ3n) is 4.12. The molecule has 3 heterocycles. The van der Waals surface area contributed by atoms with Crippen LogP contribution in [0.25, 0.3) is 0 Å². The Morgan fingerprint density at radius 1 is 0.810 bits per heavy atom. The fraction of sp³-hybridized carbons (Fsp3) is 1.00. The molecule has 0 aromatic carbocycles. The zero-order valence-electron chi connectivity index (χ0n) is 12.9.